The summed E-state index contributed by atoms with van der Waals surface area (Å²) in [6.45, 7) is 2.00. The molecule has 0 atom stereocenters. The molecule has 2 rings (SSSR count). The number of rotatable bonds is 3. The summed E-state index contributed by atoms with van der Waals surface area (Å²) in [5.74, 6) is -0.574. The highest BCUT2D eigenvalue weighted by molar-refractivity contribution is 7.89. The Morgan fingerprint density at radius 1 is 1.47 bits per heavy atom. The quantitative estimate of drug-likeness (QED) is 0.830. The van der Waals surface area contributed by atoms with Crippen molar-refractivity contribution >= 4 is 16.1 Å². The average molecular weight is 287 g/mol. The minimum atomic E-state index is -3.78. The number of urea groups is 1. The Labute approximate surface area is 110 Å². The molecule has 0 saturated carbocycles. The number of nitrogens with one attached hydrogen (secondary N) is 1. The molecular weight excluding hydrogens is 273 g/mol. The lowest BCUT2D eigenvalue weighted by Gasteiger charge is -2.37. The number of likely N-dealkylation sites (tertiary alicyclic amines) is 1. The predicted molar refractivity (Wildman–Crippen MR) is 66.4 cm³/mol. The summed E-state index contributed by atoms with van der Waals surface area (Å²) in [6.07, 6.45) is 0. The molecule has 104 valence electrons. The van der Waals surface area contributed by atoms with E-state index in [1.807, 2.05) is 0 Å². The first-order valence-corrected chi connectivity index (χ1v) is 7.11. The number of hydrogen-bond acceptors (Lipinski definition) is 3. The molecule has 1 heterocycles. The van der Waals surface area contributed by atoms with Crippen LogP contribution in [0.3, 0.4) is 0 Å². The highest BCUT2D eigenvalue weighted by Crippen LogP contribution is 2.16. The van der Waals surface area contributed by atoms with Crippen molar-refractivity contribution in [3.63, 3.8) is 0 Å². The van der Waals surface area contributed by atoms with E-state index in [2.05, 4.69) is 4.72 Å². The number of hydrogen-bond donors (Lipinski definition) is 2. The summed E-state index contributed by atoms with van der Waals surface area (Å²) < 4.78 is 39.7. The van der Waals surface area contributed by atoms with Gasteiger partial charge in [0.1, 0.15) is 5.82 Å². The molecule has 0 radical (unpaired) electrons. The van der Waals surface area contributed by atoms with E-state index in [1.165, 1.54) is 17.0 Å². The SMILES string of the molecule is Cc1ccc(S(=O)(=O)NC2CN(C(N)=O)C2)cc1F. The molecule has 6 nitrogen and oxygen atoms in total. The molecule has 0 aliphatic carbocycles. The molecule has 1 fully saturated rings. The number of primary amides is 1. The predicted octanol–water partition coefficient (Wildman–Crippen LogP) is 0.175. The lowest BCUT2D eigenvalue weighted by atomic mass is 10.1. The smallest absolute Gasteiger partial charge is 0.314 e. The Kier molecular flexibility index (Phi) is 3.46. The zero-order chi connectivity index (χ0) is 14.2. The molecule has 1 aromatic carbocycles. The van der Waals surface area contributed by atoms with Gasteiger partial charge in [0.25, 0.3) is 0 Å². The summed E-state index contributed by atoms with van der Waals surface area (Å²) >= 11 is 0. The Hall–Kier alpha value is -1.67. The number of sulfonamides is 1. The molecule has 19 heavy (non-hydrogen) atoms. The summed E-state index contributed by atoms with van der Waals surface area (Å²) in [5.41, 5.74) is 5.41. The first kappa shape index (κ1) is 13.8. The van der Waals surface area contributed by atoms with Crippen LogP contribution in [0.5, 0.6) is 0 Å². The molecule has 0 unspecified atom stereocenters. The Morgan fingerprint density at radius 2 is 2.11 bits per heavy atom. The van der Waals surface area contributed by atoms with Crippen molar-refractivity contribution in [1.29, 1.82) is 0 Å². The third-order valence-corrected chi connectivity index (χ3v) is 4.49. The van der Waals surface area contributed by atoms with Crippen LogP contribution >= 0.6 is 0 Å². The second kappa shape index (κ2) is 4.78. The number of nitrogens with zero attached hydrogens (tertiary/aromatic N) is 1. The van der Waals surface area contributed by atoms with E-state index in [0.29, 0.717) is 5.56 Å². The van der Waals surface area contributed by atoms with Gasteiger partial charge < -0.3 is 10.6 Å². The third-order valence-electron chi connectivity index (χ3n) is 2.97. The van der Waals surface area contributed by atoms with Crippen molar-refractivity contribution in [2.24, 2.45) is 5.73 Å². The van der Waals surface area contributed by atoms with Gasteiger partial charge in [-0.2, -0.15) is 0 Å². The lowest BCUT2D eigenvalue weighted by Crippen LogP contribution is -2.62. The Morgan fingerprint density at radius 3 is 2.63 bits per heavy atom. The highest BCUT2D eigenvalue weighted by Gasteiger charge is 2.32. The van der Waals surface area contributed by atoms with Crippen LogP contribution in [0.15, 0.2) is 23.1 Å². The van der Waals surface area contributed by atoms with E-state index in [9.17, 15) is 17.6 Å². The fourth-order valence-electron chi connectivity index (χ4n) is 1.76. The van der Waals surface area contributed by atoms with Crippen LogP contribution in [0.1, 0.15) is 5.56 Å². The van der Waals surface area contributed by atoms with Crippen LogP contribution in [0, 0.1) is 12.7 Å². The van der Waals surface area contributed by atoms with Gasteiger partial charge in [-0.25, -0.2) is 22.3 Å². The van der Waals surface area contributed by atoms with Crippen LogP contribution in [0.4, 0.5) is 9.18 Å². The Balaban J connectivity index is 2.07. The number of aryl methyl sites for hydroxylation is 1. The van der Waals surface area contributed by atoms with Gasteiger partial charge in [-0.1, -0.05) is 6.07 Å². The van der Waals surface area contributed by atoms with Crippen LogP contribution in [-0.4, -0.2) is 38.5 Å². The van der Waals surface area contributed by atoms with E-state index >= 15 is 0 Å². The minimum absolute atomic E-state index is 0.131. The van der Waals surface area contributed by atoms with Gasteiger partial charge in [0.15, 0.2) is 0 Å². The zero-order valence-corrected chi connectivity index (χ0v) is 11.1. The molecular formula is C11H14FN3O3S. The summed E-state index contributed by atoms with van der Waals surface area (Å²) in [4.78, 5) is 11.9. The monoisotopic (exact) mass is 287 g/mol. The highest BCUT2D eigenvalue weighted by atomic mass is 32.2. The number of benzene rings is 1. The maximum atomic E-state index is 13.3. The van der Waals surface area contributed by atoms with Gasteiger partial charge in [-0.05, 0) is 24.6 Å². The van der Waals surface area contributed by atoms with E-state index < -0.39 is 21.9 Å². The van der Waals surface area contributed by atoms with Gasteiger partial charge in [-0.15, -0.1) is 0 Å². The molecule has 1 aromatic rings. The summed E-state index contributed by atoms with van der Waals surface area (Å²) in [7, 11) is -3.78. The van der Waals surface area contributed by atoms with Crippen molar-refractivity contribution in [3.8, 4) is 0 Å². The molecule has 1 aliphatic rings. The van der Waals surface area contributed by atoms with Crippen LogP contribution < -0.4 is 10.5 Å². The molecule has 1 aliphatic heterocycles. The normalized spacial score (nSPS) is 16.2. The van der Waals surface area contributed by atoms with Gasteiger partial charge in [0, 0.05) is 13.1 Å². The lowest BCUT2D eigenvalue weighted by molar-refractivity contribution is 0.155. The molecule has 0 aromatic heterocycles. The van der Waals surface area contributed by atoms with Gasteiger partial charge in [0.2, 0.25) is 10.0 Å². The molecule has 8 heteroatoms. The number of halogens is 1. The molecule has 2 amide bonds. The van der Waals surface area contributed by atoms with Gasteiger partial charge in [0.05, 0.1) is 10.9 Å². The van der Waals surface area contributed by atoms with Crippen molar-refractivity contribution in [3.05, 3.63) is 29.6 Å². The number of amides is 2. The van der Waals surface area contributed by atoms with E-state index in [1.54, 1.807) is 6.92 Å². The zero-order valence-electron chi connectivity index (χ0n) is 10.3. The van der Waals surface area contributed by atoms with Crippen LogP contribution in [0.2, 0.25) is 0 Å². The second-order valence-electron chi connectivity index (χ2n) is 4.47. The third kappa shape index (κ3) is 2.85. The second-order valence-corrected chi connectivity index (χ2v) is 6.19. The maximum absolute atomic E-state index is 13.3. The van der Waals surface area contributed by atoms with Crippen molar-refractivity contribution in [2.45, 2.75) is 17.9 Å². The molecule has 1 saturated heterocycles. The standard InChI is InChI=1S/C11H14FN3O3S/c1-7-2-3-9(4-10(7)12)19(17,18)14-8-5-15(6-8)11(13)16/h2-4,8,14H,5-6H2,1H3,(H2,13,16). The van der Waals surface area contributed by atoms with Gasteiger partial charge >= 0.3 is 6.03 Å². The van der Waals surface area contributed by atoms with Crippen LogP contribution in [-0.2, 0) is 10.0 Å². The van der Waals surface area contributed by atoms with E-state index in [-0.39, 0.29) is 24.0 Å². The summed E-state index contributed by atoms with van der Waals surface area (Å²) in [6, 6.07) is 2.74. The summed E-state index contributed by atoms with van der Waals surface area (Å²) in [5, 5.41) is 0. The van der Waals surface area contributed by atoms with Crippen LogP contribution in [0.25, 0.3) is 0 Å². The topological polar surface area (TPSA) is 92.5 Å². The van der Waals surface area contributed by atoms with E-state index in [4.69, 9.17) is 5.73 Å². The first-order chi connectivity index (χ1) is 8.79. The first-order valence-electron chi connectivity index (χ1n) is 5.62. The number of carbonyl (C=O) groups excluding carboxylic acids is 1. The minimum Gasteiger partial charge on any atom is -0.351 e. The van der Waals surface area contributed by atoms with Crippen molar-refractivity contribution < 1.29 is 17.6 Å². The fraction of sp³-hybridized carbons (Fsp3) is 0.364. The Bertz CT molecular complexity index is 612. The molecule has 0 spiro atoms. The number of nitrogens with two attached hydrogens (primary N) is 1. The number of carbonyl (C=O) groups is 1. The maximum Gasteiger partial charge on any atom is 0.314 e. The van der Waals surface area contributed by atoms with Gasteiger partial charge in [-0.3, -0.25) is 0 Å². The van der Waals surface area contributed by atoms with E-state index in [0.717, 1.165) is 6.07 Å². The average Bonchev–Trinajstić information content (AvgIpc) is 2.26. The van der Waals surface area contributed by atoms with Crippen molar-refractivity contribution in [2.75, 3.05) is 13.1 Å². The largest absolute Gasteiger partial charge is 0.351 e. The fourth-order valence-corrected chi connectivity index (χ4v) is 2.99. The van der Waals surface area contributed by atoms with Crippen molar-refractivity contribution in [1.82, 2.24) is 9.62 Å². The molecule has 0 bridgehead atoms. The molecule has 3 N–H and O–H groups in total.